The molecule has 2 aromatic rings. The molecule has 1 fully saturated rings. The Labute approximate surface area is 135 Å². The molecular formula is C18H19N2OS. The zero-order chi connectivity index (χ0) is 15.4. The highest BCUT2D eigenvalue weighted by molar-refractivity contribution is 7.98. The molecule has 0 aliphatic carbocycles. The molecule has 1 radical (unpaired) electrons. The first kappa shape index (κ1) is 15.1. The topological polar surface area (TPSA) is 34.4 Å². The van der Waals surface area contributed by atoms with Crippen LogP contribution in [-0.4, -0.2) is 43.2 Å². The fraction of sp³-hybridized carbons (Fsp3) is 0.278. The van der Waals surface area contributed by atoms with Crippen molar-refractivity contribution in [2.75, 3.05) is 32.4 Å². The Bertz CT molecular complexity index is 648. The molecule has 0 aromatic heterocycles. The van der Waals surface area contributed by atoms with Crippen LogP contribution in [0.1, 0.15) is 10.4 Å². The Hall–Kier alpha value is -1.78. The highest BCUT2D eigenvalue weighted by Crippen LogP contribution is 2.27. The van der Waals surface area contributed by atoms with Gasteiger partial charge in [0.05, 0.1) is 0 Å². The molecule has 1 aliphatic rings. The van der Waals surface area contributed by atoms with Crippen molar-refractivity contribution in [3.05, 3.63) is 54.1 Å². The number of carbonyl (C=O) groups is 1. The van der Waals surface area contributed by atoms with Crippen molar-refractivity contribution in [1.29, 1.82) is 0 Å². The molecular weight excluding hydrogens is 292 g/mol. The molecule has 0 N–H and O–H groups in total. The third-order valence-electron chi connectivity index (χ3n) is 3.90. The SMILES string of the molecule is CSc1ccc(-c2ccccc2C(=O)N2CC[N]CC2)cc1. The van der Waals surface area contributed by atoms with Crippen molar-refractivity contribution >= 4 is 17.7 Å². The molecule has 0 bridgehead atoms. The van der Waals surface area contributed by atoms with Crippen LogP contribution >= 0.6 is 11.8 Å². The van der Waals surface area contributed by atoms with E-state index in [1.54, 1.807) is 11.8 Å². The first-order valence-electron chi connectivity index (χ1n) is 7.45. The zero-order valence-corrected chi connectivity index (χ0v) is 13.5. The lowest BCUT2D eigenvalue weighted by atomic mass is 9.98. The van der Waals surface area contributed by atoms with Gasteiger partial charge in [0, 0.05) is 36.6 Å². The molecule has 3 rings (SSSR count). The molecule has 3 nitrogen and oxygen atoms in total. The van der Waals surface area contributed by atoms with Gasteiger partial charge >= 0.3 is 0 Å². The van der Waals surface area contributed by atoms with Crippen LogP contribution in [0.4, 0.5) is 0 Å². The predicted molar refractivity (Wildman–Crippen MR) is 91.4 cm³/mol. The summed E-state index contributed by atoms with van der Waals surface area (Å²) in [6.45, 7) is 2.93. The molecule has 1 heterocycles. The minimum atomic E-state index is 0.111. The number of rotatable bonds is 3. The van der Waals surface area contributed by atoms with Gasteiger partial charge in [-0.1, -0.05) is 30.3 Å². The highest BCUT2D eigenvalue weighted by atomic mass is 32.2. The van der Waals surface area contributed by atoms with Crippen LogP contribution in [0, 0.1) is 0 Å². The van der Waals surface area contributed by atoms with E-state index >= 15 is 0 Å². The Morgan fingerprint density at radius 3 is 2.41 bits per heavy atom. The molecule has 22 heavy (non-hydrogen) atoms. The van der Waals surface area contributed by atoms with Crippen LogP contribution in [0.15, 0.2) is 53.4 Å². The van der Waals surface area contributed by atoms with Crippen LogP contribution in [0.25, 0.3) is 11.1 Å². The van der Waals surface area contributed by atoms with Gasteiger partial charge in [0.1, 0.15) is 0 Å². The van der Waals surface area contributed by atoms with Gasteiger partial charge in [-0.25, -0.2) is 5.32 Å². The van der Waals surface area contributed by atoms with Crippen LogP contribution < -0.4 is 5.32 Å². The number of hydrogen-bond acceptors (Lipinski definition) is 2. The first-order valence-corrected chi connectivity index (χ1v) is 8.68. The van der Waals surface area contributed by atoms with E-state index in [2.05, 4.69) is 35.8 Å². The summed E-state index contributed by atoms with van der Waals surface area (Å²) in [7, 11) is 0. The van der Waals surface area contributed by atoms with Crippen molar-refractivity contribution < 1.29 is 4.79 Å². The second-order valence-electron chi connectivity index (χ2n) is 5.24. The van der Waals surface area contributed by atoms with E-state index in [1.807, 2.05) is 29.2 Å². The number of carbonyl (C=O) groups excluding carboxylic acids is 1. The molecule has 1 amide bonds. The number of amides is 1. The van der Waals surface area contributed by atoms with Crippen LogP contribution in [0.3, 0.4) is 0 Å². The average molecular weight is 311 g/mol. The van der Waals surface area contributed by atoms with Gasteiger partial charge in [-0.3, -0.25) is 4.79 Å². The van der Waals surface area contributed by atoms with E-state index in [4.69, 9.17) is 0 Å². The van der Waals surface area contributed by atoms with Crippen LogP contribution in [0.2, 0.25) is 0 Å². The minimum Gasteiger partial charge on any atom is -0.336 e. The molecule has 0 unspecified atom stereocenters. The smallest absolute Gasteiger partial charge is 0.254 e. The van der Waals surface area contributed by atoms with Crippen molar-refractivity contribution in [1.82, 2.24) is 10.2 Å². The van der Waals surface area contributed by atoms with Gasteiger partial charge < -0.3 is 4.90 Å². The molecule has 0 atom stereocenters. The van der Waals surface area contributed by atoms with E-state index < -0.39 is 0 Å². The van der Waals surface area contributed by atoms with Gasteiger partial charge in [0.2, 0.25) is 0 Å². The van der Waals surface area contributed by atoms with E-state index in [-0.39, 0.29) is 5.91 Å². The fourth-order valence-electron chi connectivity index (χ4n) is 2.67. The molecule has 113 valence electrons. The van der Waals surface area contributed by atoms with Crippen molar-refractivity contribution in [3.8, 4) is 11.1 Å². The minimum absolute atomic E-state index is 0.111. The van der Waals surface area contributed by atoms with Crippen molar-refractivity contribution in [3.63, 3.8) is 0 Å². The van der Waals surface area contributed by atoms with Gasteiger partial charge in [-0.2, -0.15) is 0 Å². The lowest BCUT2D eigenvalue weighted by molar-refractivity contribution is 0.0735. The highest BCUT2D eigenvalue weighted by Gasteiger charge is 2.21. The first-order chi connectivity index (χ1) is 10.8. The second-order valence-corrected chi connectivity index (χ2v) is 6.12. The Balaban J connectivity index is 1.93. The van der Waals surface area contributed by atoms with E-state index in [0.29, 0.717) is 0 Å². The number of thioether (sulfide) groups is 1. The number of benzene rings is 2. The summed E-state index contributed by atoms with van der Waals surface area (Å²) in [4.78, 5) is 15.9. The summed E-state index contributed by atoms with van der Waals surface area (Å²) in [5.41, 5.74) is 2.87. The van der Waals surface area contributed by atoms with Crippen molar-refractivity contribution in [2.45, 2.75) is 4.90 Å². The van der Waals surface area contributed by atoms with Crippen LogP contribution in [-0.2, 0) is 0 Å². The monoisotopic (exact) mass is 311 g/mol. The normalized spacial score (nSPS) is 14.9. The molecule has 2 aromatic carbocycles. The maximum absolute atomic E-state index is 12.8. The molecule has 1 saturated heterocycles. The van der Waals surface area contributed by atoms with E-state index in [0.717, 1.165) is 42.9 Å². The number of nitrogens with zero attached hydrogens (tertiary/aromatic N) is 2. The summed E-state index contributed by atoms with van der Waals surface area (Å²) in [5, 5.41) is 4.31. The summed E-state index contributed by atoms with van der Waals surface area (Å²) in [5.74, 6) is 0.111. The largest absolute Gasteiger partial charge is 0.336 e. The van der Waals surface area contributed by atoms with Crippen molar-refractivity contribution in [2.24, 2.45) is 0 Å². The molecule has 0 saturated carbocycles. The van der Waals surface area contributed by atoms with Gasteiger partial charge in [0.25, 0.3) is 5.91 Å². The van der Waals surface area contributed by atoms with Crippen LogP contribution in [0.5, 0.6) is 0 Å². The van der Waals surface area contributed by atoms with E-state index in [1.165, 1.54) is 4.90 Å². The average Bonchev–Trinajstić information content (AvgIpc) is 2.62. The van der Waals surface area contributed by atoms with Gasteiger partial charge in [0.15, 0.2) is 0 Å². The van der Waals surface area contributed by atoms with Gasteiger partial charge in [-0.15, -0.1) is 11.8 Å². The lowest BCUT2D eigenvalue weighted by Crippen LogP contribution is -2.43. The third-order valence-corrected chi connectivity index (χ3v) is 4.65. The lowest BCUT2D eigenvalue weighted by Gasteiger charge is -2.27. The Morgan fingerprint density at radius 1 is 1.05 bits per heavy atom. The quantitative estimate of drug-likeness (QED) is 0.816. The molecule has 1 aliphatic heterocycles. The summed E-state index contributed by atoms with van der Waals surface area (Å²) in [6, 6.07) is 16.2. The fourth-order valence-corrected chi connectivity index (χ4v) is 3.08. The summed E-state index contributed by atoms with van der Waals surface area (Å²) < 4.78 is 0. The second kappa shape index (κ2) is 6.99. The Morgan fingerprint density at radius 2 is 1.73 bits per heavy atom. The molecule has 0 spiro atoms. The number of piperazine rings is 1. The standard InChI is InChI=1S/C18H19N2OS/c1-22-15-8-6-14(7-9-15)16-4-2-3-5-17(16)18(21)20-12-10-19-11-13-20/h2-9H,10-13H2,1H3. The maximum Gasteiger partial charge on any atom is 0.254 e. The van der Waals surface area contributed by atoms with Gasteiger partial charge in [-0.05, 0) is 35.6 Å². The summed E-state index contributed by atoms with van der Waals surface area (Å²) >= 11 is 1.72. The van der Waals surface area contributed by atoms with E-state index in [9.17, 15) is 4.79 Å². The summed E-state index contributed by atoms with van der Waals surface area (Å²) in [6.07, 6.45) is 2.06. The Kier molecular flexibility index (Phi) is 4.80. The maximum atomic E-state index is 12.8. The third kappa shape index (κ3) is 3.18. The predicted octanol–water partition coefficient (Wildman–Crippen LogP) is 3.14. The number of hydrogen-bond donors (Lipinski definition) is 0. The molecule has 4 heteroatoms. The zero-order valence-electron chi connectivity index (χ0n) is 12.7.